The lowest BCUT2D eigenvalue weighted by molar-refractivity contribution is 1.17. The van der Waals surface area contributed by atoms with Crippen LogP contribution in [0.1, 0.15) is 5.56 Å². The van der Waals surface area contributed by atoms with Crippen LogP contribution in [0.15, 0.2) is 48.8 Å². The van der Waals surface area contributed by atoms with E-state index in [2.05, 4.69) is 20.6 Å². The normalized spacial score (nSPS) is 10.5. The van der Waals surface area contributed by atoms with E-state index in [1.54, 1.807) is 12.1 Å². The molecule has 0 saturated carbocycles. The van der Waals surface area contributed by atoms with Crippen molar-refractivity contribution in [1.82, 2.24) is 9.97 Å². The molecule has 0 saturated heterocycles. The van der Waals surface area contributed by atoms with Crippen LogP contribution < -0.4 is 16.4 Å². The Morgan fingerprint density at radius 2 is 1.58 bits per heavy atom. The molecule has 4 N–H and O–H groups in total. The second-order valence-corrected chi connectivity index (χ2v) is 6.02. The Hall–Kier alpha value is -2.50. The topological polar surface area (TPSA) is 75.9 Å². The van der Waals surface area contributed by atoms with Crippen LogP contribution in [0.3, 0.4) is 0 Å². The molecule has 0 aliphatic carbocycles. The van der Waals surface area contributed by atoms with Gasteiger partial charge < -0.3 is 16.4 Å². The molecule has 1 heterocycles. The van der Waals surface area contributed by atoms with Gasteiger partial charge in [0.1, 0.15) is 12.0 Å². The molecule has 0 fully saturated rings. The number of aryl methyl sites for hydroxylation is 1. The predicted molar refractivity (Wildman–Crippen MR) is 101 cm³/mol. The maximum atomic E-state index is 6.19. The summed E-state index contributed by atoms with van der Waals surface area (Å²) in [6, 6.07) is 12.9. The number of halogens is 2. The molecule has 7 heteroatoms. The van der Waals surface area contributed by atoms with Gasteiger partial charge >= 0.3 is 0 Å². The van der Waals surface area contributed by atoms with Gasteiger partial charge in [0.15, 0.2) is 11.6 Å². The molecular formula is C17H15Cl2N5. The first-order valence-corrected chi connectivity index (χ1v) is 7.95. The van der Waals surface area contributed by atoms with Crippen LogP contribution in [0.4, 0.5) is 28.7 Å². The number of benzene rings is 2. The maximum absolute atomic E-state index is 6.19. The summed E-state index contributed by atoms with van der Waals surface area (Å²) >= 11 is 12.1. The molecular weight excluding hydrogens is 345 g/mol. The standard InChI is InChI=1S/C17H15Cl2N5/c1-10-8-11(18)6-7-13(10)23-16-15(20)17(22-9-21-16)24-14-5-3-2-4-12(14)19/h2-9H,20H2,1H3,(H2,21,22,23,24). The number of nitrogens with two attached hydrogens (primary N) is 1. The molecule has 0 radical (unpaired) electrons. The van der Waals surface area contributed by atoms with Gasteiger partial charge in [-0.15, -0.1) is 0 Å². The van der Waals surface area contributed by atoms with Crippen LogP contribution in [0.25, 0.3) is 0 Å². The van der Waals surface area contributed by atoms with Gasteiger partial charge in [-0.2, -0.15) is 0 Å². The molecule has 0 aliphatic heterocycles. The van der Waals surface area contributed by atoms with Crippen LogP contribution in [-0.2, 0) is 0 Å². The Bertz CT molecular complexity index is 883. The van der Waals surface area contributed by atoms with Gasteiger partial charge in [0.2, 0.25) is 0 Å². The van der Waals surface area contributed by atoms with Crippen molar-refractivity contribution in [2.45, 2.75) is 6.92 Å². The first kappa shape index (κ1) is 16.4. The summed E-state index contributed by atoms with van der Waals surface area (Å²) in [6.07, 6.45) is 1.43. The number of hydrogen-bond acceptors (Lipinski definition) is 5. The lowest BCUT2D eigenvalue weighted by Crippen LogP contribution is -2.06. The minimum absolute atomic E-state index is 0.395. The van der Waals surface area contributed by atoms with Gasteiger partial charge in [-0.25, -0.2) is 9.97 Å². The van der Waals surface area contributed by atoms with E-state index >= 15 is 0 Å². The van der Waals surface area contributed by atoms with Crippen molar-refractivity contribution >= 4 is 51.9 Å². The smallest absolute Gasteiger partial charge is 0.159 e. The van der Waals surface area contributed by atoms with Crippen molar-refractivity contribution < 1.29 is 0 Å². The lowest BCUT2D eigenvalue weighted by atomic mass is 10.2. The molecule has 5 nitrogen and oxygen atoms in total. The van der Waals surface area contributed by atoms with Gasteiger partial charge in [0.05, 0.1) is 10.7 Å². The van der Waals surface area contributed by atoms with Crippen LogP contribution in [-0.4, -0.2) is 9.97 Å². The number of hydrogen-bond donors (Lipinski definition) is 3. The third-order valence-corrected chi connectivity index (χ3v) is 4.02. The molecule has 24 heavy (non-hydrogen) atoms. The Morgan fingerprint density at radius 3 is 2.25 bits per heavy atom. The number of nitrogens with one attached hydrogen (secondary N) is 2. The van der Waals surface area contributed by atoms with E-state index in [-0.39, 0.29) is 0 Å². The van der Waals surface area contributed by atoms with E-state index < -0.39 is 0 Å². The minimum atomic E-state index is 0.395. The van der Waals surface area contributed by atoms with E-state index in [1.807, 2.05) is 37.3 Å². The Balaban J connectivity index is 1.89. The molecule has 0 bridgehead atoms. The van der Waals surface area contributed by atoms with E-state index in [1.165, 1.54) is 6.33 Å². The van der Waals surface area contributed by atoms with Gasteiger partial charge in [0.25, 0.3) is 0 Å². The highest BCUT2D eigenvalue weighted by atomic mass is 35.5. The molecule has 3 aromatic rings. The quantitative estimate of drug-likeness (QED) is 0.599. The first-order valence-electron chi connectivity index (χ1n) is 7.20. The van der Waals surface area contributed by atoms with Crippen molar-refractivity contribution in [3.8, 4) is 0 Å². The average molecular weight is 360 g/mol. The summed E-state index contributed by atoms with van der Waals surface area (Å²) in [4.78, 5) is 8.40. The van der Waals surface area contributed by atoms with Crippen LogP contribution in [0.2, 0.25) is 10.0 Å². The van der Waals surface area contributed by atoms with E-state index in [0.717, 1.165) is 16.9 Å². The molecule has 3 rings (SSSR count). The zero-order valence-electron chi connectivity index (χ0n) is 12.8. The summed E-state index contributed by atoms with van der Waals surface area (Å²) in [5.41, 5.74) is 9.16. The number of para-hydroxylation sites is 1. The monoisotopic (exact) mass is 359 g/mol. The van der Waals surface area contributed by atoms with E-state index in [9.17, 15) is 0 Å². The van der Waals surface area contributed by atoms with Gasteiger partial charge in [-0.05, 0) is 42.8 Å². The molecule has 0 spiro atoms. The van der Waals surface area contributed by atoms with Crippen molar-refractivity contribution in [3.05, 3.63) is 64.4 Å². The highest BCUT2D eigenvalue weighted by Gasteiger charge is 2.11. The summed E-state index contributed by atoms with van der Waals surface area (Å²) in [6.45, 7) is 1.95. The van der Waals surface area contributed by atoms with Gasteiger partial charge in [-0.3, -0.25) is 0 Å². The van der Waals surface area contributed by atoms with Crippen LogP contribution in [0.5, 0.6) is 0 Å². The highest BCUT2D eigenvalue weighted by molar-refractivity contribution is 6.33. The maximum Gasteiger partial charge on any atom is 0.159 e. The van der Waals surface area contributed by atoms with Crippen molar-refractivity contribution in [3.63, 3.8) is 0 Å². The second-order valence-electron chi connectivity index (χ2n) is 5.17. The number of nitrogen functional groups attached to an aromatic ring is 1. The fourth-order valence-corrected chi connectivity index (χ4v) is 2.59. The van der Waals surface area contributed by atoms with E-state index in [4.69, 9.17) is 28.9 Å². The summed E-state index contributed by atoms with van der Waals surface area (Å²) in [5.74, 6) is 0.984. The number of nitrogens with zero attached hydrogens (tertiary/aromatic N) is 2. The zero-order valence-corrected chi connectivity index (χ0v) is 14.4. The summed E-state index contributed by atoms with van der Waals surface area (Å²) in [7, 11) is 0. The van der Waals surface area contributed by atoms with Crippen molar-refractivity contribution in [2.75, 3.05) is 16.4 Å². The Labute approximate surface area is 149 Å². The second kappa shape index (κ2) is 6.95. The Morgan fingerprint density at radius 1 is 0.917 bits per heavy atom. The van der Waals surface area contributed by atoms with Gasteiger partial charge in [-0.1, -0.05) is 35.3 Å². The van der Waals surface area contributed by atoms with Crippen LogP contribution >= 0.6 is 23.2 Å². The van der Waals surface area contributed by atoms with Gasteiger partial charge in [0, 0.05) is 10.7 Å². The third kappa shape index (κ3) is 3.53. The highest BCUT2D eigenvalue weighted by Crippen LogP contribution is 2.31. The van der Waals surface area contributed by atoms with Crippen molar-refractivity contribution in [2.24, 2.45) is 0 Å². The molecule has 1 aromatic heterocycles. The largest absolute Gasteiger partial charge is 0.393 e. The average Bonchev–Trinajstić information content (AvgIpc) is 2.55. The summed E-state index contributed by atoms with van der Waals surface area (Å²) in [5, 5.41) is 7.58. The minimum Gasteiger partial charge on any atom is -0.393 e. The fraction of sp³-hybridized carbons (Fsp3) is 0.0588. The summed E-state index contributed by atoms with van der Waals surface area (Å²) < 4.78 is 0. The first-order chi connectivity index (χ1) is 11.5. The lowest BCUT2D eigenvalue weighted by Gasteiger charge is -2.14. The molecule has 0 atom stereocenters. The molecule has 0 amide bonds. The van der Waals surface area contributed by atoms with Crippen molar-refractivity contribution in [1.29, 1.82) is 0 Å². The third-order valence-electron chi connectivity index (χ3n) is 3.45. The predicted octanol–water partition coefficient (Wildman–Crippen LogP) is 5.16. The molecule has 2 aromatic carbocycles. The van der Waals surface area contributed by atoms with E-state index in [0.29, 0.717) is 27.4 Å². The molecule has 0 unspecified atom stereocenters. The SMILES string of the molecule is Cc1cc(Cl)ccc1Nc1ncnc(Nc2ccccc2Cl)c1N. The fourth-order valence-electron chi connectivity index (χ4n) is 2.18. The number of aromatic nitrogens is 2. The number of anilines is 5. The molecule has 0 aliphatic rings. The van der Waals surface area contributed by atoms with Crippen LogP contribution in [0, 0.1) is 6.92 Å². The number of rotatable bonds is 4. The molecule has 122 valence electrons. The zero-order chi connectivity index (χ0) is 17.1. The Kier molecular flexibility index (Phi) is 4.74.